The predicted octanol–water partition coefficient (Wildman–Crippen LogP) is 4.82. The van der Waals surface area contributed by atoms with Crippen LogP contribution in [0.1, 0.15) is 23.0 Å². The highest BCUT2D eigenvalue weighted by atomic mass is 19.1. The second-order valence-electron chi connectivity index (χ2n) is 7.05. The maximum absolute atomic E-state index is 14.3. The fourth-order valence-electron chi connectivity index (χ4n) is 3.82. The number of hydrogen-bond donors (Lipinski definition) is 0. The molecule has 0 N–H and O–H groups in total. The molecule has 0 aliphatic carbocycles. The predicted molar refractivity (Wildman–Crippen MR) is 109 cm³/mol. The number of hydrogen-bond acceptors (Lipinski definition) is 2. The van der Waals surface area contributed by atoms with Gasteiger partial charge in [-0.2, -0.15) is 0 Å². The van der Waals surface area contributed by atoms with Gasteiger partial charge in [0.2, 0.25) is 12.6 Å². The molecule has 0 radical (unpaired) electrons. The van der Waals surface area contributed by atoms with Crippen LogP contribution in [0.25, 0.3) is 17.2 Å². The van der Waals surface area contributed by atoms with E-state index in [2.05, 4.69) is 11.1 Å². The van der Waals surface area contributed by atoms with Gasteiger partial charge >= 0.3 is 0 Å². The van der Waals surface area contributed by atoms with Crippen molar-refractivity contribution in [2.75, 3.05) is 0 Å². The Bertz CT molecular complexity index is 1200. The van der Waals surface area contributed by atoms with Crippen molar-refractivity contribution in [1.29, 1.82) is 0 Å². The topological polar surface area (TPSA) is 27.3 Å². The molecule has 1 aromatic heterocycles. The molecule has 2 heterocycles. The van der Waals surface area contributed by atoms with Crippen LogP contribution in [0.3, 0.4) is 0 Å². The van der Waals surface area contributed by atoms with E-state index in [1.54, 1.807) is 12.3 Å². The van der Waals surface area contributed by atoms with E-state index in [9.17, 15) is 4.39 Å². The molecule has 0 bridgehead atoms. The van der Waals surface area contributed by atoms with E-state index in [1.165, 1.54) is 6.07 Å². The van der Waals surface area contributed by atoms with Crippen LogP contribution < -0.4 is 9.30 Å². The molecule has 144 valence electrons. The van der Waals surface area contributed by atoms with Crippen LogP contribution >= 0.6 is 0 Å². The number of fused-ring (bicyclic) bond motifs is 2. The van der Waals surface area contributed by atoms with E-state index in [1.807, 2.05) is 65.5 Å². The summed E-state index contributed by atoms with van der Waals surface area (Å²) < 4.78 is 30.4. The Kier molecular flexibility index (Phi) is 4.37. The summed E-state index contributed by atoms with van der Waals surface area (Å²) in [4.78, 5) is 0. The maximum atomic E-state index is 14.3. The third-order valence-electron chi connectivity index (χ3n) is 5.16. The first-order valence-corrected chi connectivity index (χ1v) is 9.49. The first kappa shape index (κ1) is 17.6. The van der Waals surface area contributed by atoms with Gasteiger partial charge in [0.25, 0.3) is 0 Å². The monoisotopic (exact) mass is 387 g/mol. The lowest BCUT2D eigenvalue weighted by Crippen LogP contribution is -2.33. The summed E-state index contributed by atoms with van der Waals surface area (Å²) in [5.41, 5.74) is 4.52. The summed E-state index contributed by atoms with van der Waals surface area (Å²) in [6.07, 6.45) is 3.21. The molecule has 1 aliphatic rings. The number of ether oxygens (including phenoxy) is 2. The average molecular weight is 387 g/mol. The fraction of sp³-hybridized carbons (Fsp3) is 0.125. The van der Waals surface area contributed by atoms with Gasteiger partial charge in [-0.1, -0.05) is 49.0 Å². The van der Waals surface area contributed by atoms with Crippen LogP contribution in [-0.4, -0.2) is 4.57 Å². The molecule has 0 fully saturated rings. The Balaban J connectivity index is 1.56. The van der Waals surface area contributed by atoms with Gasteiger partial charge in [-0.25, -0.2) is 13.5 Å². The molecule has 0 saturated carbocycles. The first-order chi connectivity index (χ1) is 14.2. The fourth-order valence-corrected chi connectivity index (χ4v) is 3.82. The summed E-state index contributed by atoms with van der Waals surface area (Å²) >= 11 is 0. The molecule has 4 aromatic rings. The lowest BCUT2D eigenvalue weighted by molar-refractivity contribution is -0.662. The summed E-state index contributed by atoms with van der Waals surface area (Å²) in [7, 11) is 0. The van der Waals surface area contributed by atoms with Gasteiger partial charge < -0.3 is 9.47 Å². The number of benzene rings is 3. The number of rotatable bonds is 4. The third kappa shape index (κ3) is 3.19. The highest BCUT2D eigenvalue weighted by molar-refractivity contribution is 5.73. The maximum Gasteiger partial charge on any atom is 0.249 e. The molecule has 3 aromatic carbocycles. The molecule has 5 heteroatoms. The molecule has 0 unspecified atom stereocenters. The lowest BCUT2D eigenvalue weighted by Gasteiger charge is -2.28. The van der Waals surface area contributed by atoms with Gasteiger partial charge in [-0.05, 0) is 24.3 Å². The average Bonchev–Trinajstić information content (AvgIpc) is 3.12. The van der Waals surface area contributed by atoms with Crippen LogP contribution in [-0.2, 0) is 17.9 Å². The van der Waals surface area contributed by atoms with Crippen molar-refractivity contribution in [3.05, 3.63) is 102 Å². The van der Waals surface area contributed by atoms with Crippen LogP contribution in [0, 0.1) is 5.82 Å². The van der Waals surface area contributed by atoms with E-state index >= 15 is 0 Å². The first-order valence-electron chi connectivity index (χ1n) is 9.49. The largest absolute Gasteiger partial charge is 0.460 e. The van der Waals surface area contributed by atoms with Crippen LogP contribution in [0.4, 0.5) is 4.39 Å². The van der Waals surface area contributed by atoms with Crippen LogP contribution in [0.2, 0.25) is 0 Å². The smallest absolute Gasteiger partial charge is 0.249 e. The van der Waals surface area contributed by atoms with E-state index in [4.69, 9.17) is 9.47 Å². The zero-order chi connectivity index (χ0) is 19.8. The Labute approximate surface area is 168 Å². The van der Waals surface area contributed by atoms with Crippen molar-refractivity contribution < 1.29 is 18.4 Å². The summed E-state index contributed by atoms with van der Waals surface area (Å²) in [5.74, 6) is 0.395. The Morgan fingerprint density at radius 3 is 2.72 bits per heavy atom. The van der Waals surface area contributed by atoms with Gasteiger partial charge in [0.1, 0.15) is 18.1 Å². The van der Waals surface area contributed by atoms with E-state index < -0.39 is 6.29 Å². The summed E-state index contributed by atoms with van der Waals surface area (Å²) in [6, 6.07) is 20.8. The number of imidazole rings is 1. The zero-order valence-electron chi connectivity index (χ0n) is 15.8. The molecule has 0 amide bonds. The Morgan fingerprint density at radius 1 is 1.10 bits per heavy atom. The van der Waals surface area contributed by atoms with E-state index in [-0.39, 0.29) is 5.82 Å². The Morgan fingerprint density at radius 2 is 1.90 bits per heavy atom. The molecule has 0 spiro atoms. The minimum absolute atomic E-state index is 0.294. The van der Waals surface area contributed by atoms with Crippen molar-refractivity contribution in [1.82, 2.24) is 4.57 Å². The van der Waals surface area contributed by atoms with Gasteiger partial charge in [-0.3, -0.25) is 0 Å². The third-order valence-corrected chi connectivity index (χ3v) is 5.16. The minimum Gasteiger partial charge on any atom is -0.460 e. The molecule has 5 rings (SSSR count). The van der Waals surface area contributed by atoms with Gasteiger partial charge in [0.15, 0.2) is 11.0 Å². The number of aromatic nitrogens is 2. The lowest BCUT2D eigenvalue weighted by atomic mass is 10.1. The highest BCUT2D eigenvalue weighted by Crippen LogP contribution is 2.36. The highest BCUT2D eigenvalue weighted by Gasteiger charge is 2.26. The zero-order valence-corrected chi connectivity index (χ0v) is 15.8. The molecular formula is C24H20FN2O2+. The number of para-hydroxylation sites is 2. The molecule has 1 aliphatic heterocycles. The Hall–Kier alpha value is -3.44. The molecule has 4 nitrogen and oxygen atoms in total. The summed E-state index contributed by atoms with van der Waals surface area (Å²) in [6.45, 7) is 4.66. The van der Waals surface area contributed by atoms with Gasteiger partial charge in [0, 0.05) is 16.7 Å². The van der Waals surface area contributed by atoms with Gasteiger partial charge in [0.05, 0.1) is 12.8 Å². The summed E-state index contributed by atoms with van der Waals surface area (Å²) in [5, 5.41) is 0. The van der Waals surface area contributed by atoms with Crippen molar-refractivity contribution in [2.24, 2.45) is 0 Å². The standard InChI is InChI=1S/C24H20FN2O2/c1-2-26-16-27(22-11-7-6-10-21(22)26)14-18-12-20(25)13-19-15-28-24(29-23(18)19)17-8-4-3-5-9-17/h2-13,16,24H,1,14-15H2/q+1/t24-/m0/s1. The van der Waals surface area contributed by atoms with E-state index in [0.29, 0.717) is 18.9 Å². The van der Waals surface area contributed by atoms with Crippen molar-refractivity contribution in [2.45, 2.75) is 19.4 Å². The van der Waals surface area contributed by atoms with Crippen LogP contribution in [0.5, 0.6) is 5.75 Å². The SMILES string of the molecule is C=Cn1c[n+](Cc2cc(F)cc3c2O[C@@H](c2ccccc2)OC3)c2ccccc21. The molecular weight excluding hydrogens is 367 g/mol. The van der Waals surface area contributed by atoms with Gasteiger partial charge in [-0.15, -0.1) is 0 Å². The molecule has 1 atom stereocenters. The number of halogens is 1. The molecule has 0 saturated heterocycles. The number of nitrogens with zero attached hydrogens (tertiary/aromatic N) is 2. The van der Waals surface area contributed by atoms with Crippen molar-refractivity contribution in [3.8, 4) is 5.75 Å². The second-order valence-corrected chi connectivity index (χ2v) is 7.05. The quantitative estimate of drug-likeness (QED) is 0.469. The second kappa shape index (κ2) is 7.18. The van der Waals surface area contributed by atoms with Crippen molar-refractivity contribution in [3.63, 3.8) is 0 Å². The van der Waals surface area contributed by atoms with Crippen LogP contribution in [0.15, 0.2) is 79.6 Å². The van der Waals surface area contributed by atoms with E-state index in [0.717, 1.165) is 27.7 Å². The molecule has 29 heavy (non-hydrogen) atoms. The minimum atomic E-state index is -0.507. The van der Waals surface area contributed by atoms with Crippen molar-refractivity contribution >= 4 is 17.2 Å². The normalized spacial score (nSPS) is 15.7.